The van der Waals surface area contributed by atoms with E-state index in [0.29, 0.717) is 43.3 Å². The molecule has 0 saturated carbocycles. The lowest BCUT2D eigenvalue weighted by Gasteiger charge is -2.20. The molecule has 1 aliphatic rings. The molecule has 7 nitrogen and oxygen atoms in total. The second-order valence-corrected chi connectivity index (χ2v) is 8.72. The average molecular weight is 472 g/mol. The summed E-state index contributed by atoms with van der Waals surface area (Å²) in [6.45, 7) is 3.72. The number of aromatic nitrogens is 2. The van der Waals surface area contributed by atoms with Crippen LogP contribution in [-0.4, -0.2) is 42.8 Å². The summed E-state index contributed by atoms with van der Waals surface area (Å²) in [5, 5.41) is 0. The van der Waals surface area contributed by atoms with E-state index < -0.39 is 0 Å². The zero-order chi connectivity index (χ0) is 24.4. The summed E-state index contributed by atoms with van der Waals surface area (Å²) in [6, 6.07) is 21.6. The Hall–Kier alpha value is -4.00. The minimum atomic E-state index is -0.0508. The van der Waals surface area contributed by atoms with E-state index in [-0.39, 0.29) is 11.8 Å². The van der Waals surface area contributed by atoms with Gasteiger partial charge in [0.05, 0.1) is 37.5 Å². The Bertz CT molecular complexity index is 1350. The van der Waals surface area contributed by atoms with Gasteiger partial charge in [-0.2, -0.15) is 0 Å². The number of aryl methyl sites for hydroxylation is 1. The Kier molecular flexibility index (Phi) is 6.31. The molecule has 1 fully saturated rings. The minimum absolute atomic E-state index is 0.0380. The quantitative estimate of drug-likeness (QED) is 0.363. The predicted molar refractivity (Wildman–Crippen MR) is 136 cm³/mol. The number of fused-ring (bicyclic) bond motifs is 1. The van der Waals surface area contributed by atoms with Gasteiger partial charge < -0.3 is 23.7 Å². The molecule has 0 spiro atoms. The first kappa shape index (κ1) is 22.8. The highest BCUT2D eigenvalue weighted by Gasteiger charge is 2.36. The molecule has 2 heterocycles. The van der Waals surface area contributed by atoms with Crippen molar-refractivity contribution in [2.24, 2.45) is 0 Å². The van der Waals surface area contributed by atoms with E-state index in [1.165, 1.54) is 5.56 Å². The lowest BCUT2D eigenvalue weighted by molar-refractivity contribution is -0.117. The Balaban J connectivity index is 1.42. The van der Waals surface area contributed by atoms with Crippen molar-refractivity contribution in [3.05, 3.63) is 78.1 Å². The molecule has 0 bridgehead atoms. The summed E-state index contributed by atoms with van der Waals surface area (Å²) in [5.41, 5.74) is 3.87. The van der Waals surface area contributed by atoms with Crippen LogP contribution in [0.15, 0.2) is 66.7 Å². The summed E-state index contributed by atoms with van der Waals surface area (Å²) in [5.74, 6) is 3.05. The summed E-state index contributed by atoms with van der Waals surface area (Å²) in [6.07, 6.45) is 0.377. The summed E-state index contributed by atoms with van der Waals surface area (Å²) in [7, 11) is 3.22. The van der Waals surface area contributed by atoms with E-state index >= 15 is 0 Å². The maximum Gasteiger partial charge on any atom is 0.227 e. The first-order valence-corrected chi connectivity index (χ1v) is 11.7. The van der Waals surface area contributed by atoms with Crippen LogP contribution in [-0.2, 0) is 11.3 Å². The van der Waals surface area contributed by atoms with Crippen molar-refractivity contribution in [2.75, 3.05) is 32.3 Å². The molecule has 0 N–H and O–H groups in total. The number of carbonyl (C=O) groups excluding carboxylic acids is 1. The van der Waals surface area contributed by atoms with Crippen molar-refractivity contribution in [1.29, 1.82) is 0 Å². The van der Waals surface area contributed by atoms with Crippen molar-refractivity contribution < 1.29 is 19.0 Å². The van der Waals surface area contributed by atoms with Crippen LogP contribution in [0.3, 0.4) is 0 Å². The number of benzene rings is 3. The number of hydrogen-bond acceptors (Lipinski definition) is 5. The second kappa shape index (κ2) is 9.70. The fourth-order valence-electron chi connectivity index (χ4n) is 4.65. The van der Waals surface area contributed by atoms with Crippen molar-refractivity contribution in [3.8, 4) is 17.2 Å². The van der Waals surface area contributed by atoms with E-state index in [4.69, 9.17) is 19.2 Å². The molecule has 0 aliphatic carbocycles. The molecule has 1 aromatic heterocycles. The largest absolute Gasteiger partial charge is 0.497 e. The number of nitrogens with zero attached hydrogens (tertiary/aromatic N) is 3. The van der Waals surface area contributed by atoms with Crippen LogP contribution in [0.5, 0.6) is 17.2 Å². The third kappa shape index (κ3) is 4.54. The van der Waals surface area contributed by atoms with Gasteiger partial charge in [-0.05, 0) is 43.3 Å². The first-order valence-electron chi connectivity index (χ1n) is 11.7. The Morgan fingerprint density at radius 2 is 1.74 bits per heavy atom. The number of amides is 1. The van der Waals surface area contributed by atoms with Crippen LogP contribution < -0.4 is 19.1 Å². The molecule has 3 aromatic carbocycles. The van der Waals surface area contributed by atoms with Crippen molar-refractivity contribution in [2.45, 2.75) is 25.8 Å². The summed E-state index contributed by atoms with van der Waals surface area (Å²) < 4.78 is 19.1. The molecule has 1 amide bonds. The molecule has 5 rings (SSSR count). The molecule has 1 aliphatic heterocycles. The van der Waals surface area contributed by atoms with Crippen LogP contribution >= 0.6 is 0 Å². The number of anilines is 1. The highest BCUT2D eigenvalue weighted by Crippen LogP contribution is 2.39. The number of hydrogen-bond donors (Lipinski definition) is 0. The van der Waals surface area contributed by atoms with Crippen molar-refractivity contribution >= 4 is 22.6 Å². The molecular formula is C28H29N3O4. The lowest BCUT2D eigenvalue weighted by atomic mass is 10.1. The second-order valence-electron chi connectivity index (χ2n) is 8.72. The topological polar surface area (TPSA) is 65.8 Å². The third-order valence-corrected chi connectivity index (χ3v) is 6.46. The van der Waals surface area contributed by atoms with Gasteiger partial charge in [-0.25, -0.2) is 4.98 Å². The van der Waals surface area contributed by atoms with E-state index in [1.807, 2.05) is 60.7 Å². The van der Waals surface area contributed by atoms with Crippen LogP contribution in [0.2, 0.25) is 0 Å². The van der Waals surface area contributed by atoms with E-state index in [1.54, 1.807) is 19.1 Å². The number of para-hydroxylation sites is 2. The van der Waals surface area contributed by atoms with Gasteiger partial charge in [-0.1, -0.05) is 29.8 Å². The third-order valence-electron chi connectivity index (χ3n) is 6.46. The molecule has 0 unspecified atom stereocenters. The molecule has 1 saturated heterocycles. The molecule has 4 aromatic rings. The standard InChI is InChI=1S/C28H29N3O4/c1-19-8-10-21(11-9-19)35-15-14-30-24-7-5-4-6-23(24)29-28(30)20-16-27(32)31(18-20)25-17-22(33-2)12-13-26(25)34-3/h4-13,17,20H,14-16,18H2,1-3H3/t20-/m1/s1. The molecule has 0 radical (unpaired) electrons. The fraction of sp³-hybridized carbons (Fsp3) is 0.286. The van der Waals surface area contributed by atoms with E-state index in [9.17, 15) is 4.79 Å². The zero-order valence-corrected chi connectivity index (χ0v) is 20.2. The molecule has 7 heteroatoms. The normalized spacial score (nSPS) is 15.6. The molecule has 35 heavy (non-hydrogen) atoms. The fourth-order valence-corrected chi connectivity index (χ4v) is 4.65. The van der Waals surface area contributed by atoms with Crippen molar-refractivity contribution in [3.63, 3.8) is 0 Å². The van der Waals surface area contributed by atoms with Gasteiger partial charge in [0.25, 0.3) is 0 Å². The van der Waals surface area contributed by atoms with Gasteiger partial charge >= 0.3 is 0 Å². The van der Waals surface area contributed by atoms with Gasteiger partial charge in [0, 0.05) is 24.9 Å². The van der Waals surface area contributed by atoms with Crippen molar-refractivity contribution in [1.82, 2.24) is 9.55 Å². The predicted octanol–water partition coefficient (Wildman–Crippen LogP) is 4.96. The zero-order valence-electron chi connectivity index (χ0n) is 20.2. The molecule has 1 atom stereocenters. The van der Waals surface area contributed by atoms with Gasteiger partial charge in [0.1, 0.15) is 29.7 Å². The maximum absolute atomic E-state index is 13.1. The highest BCUT2D eigenvalue weighted by molar-refractivity contribution is 5.98. The van der Waals surface area contributed by atoms with Crippen LogP contribution in [0, 0.1) is 6.92 Å². The number of imidazole rings is 1. The summed E-state index contributed by atoms with van der Waals surface area (Å²) in [4.78, 5) is 19.9. The van der Waals surface area contributed by atoms with E-state index in [2.05, 4.69) is 17.6 Å². The minimum Gasteiger partial charge on any atom is -0.497 e. The number of ether oxygens (including phenoxy) is 3. The monoisotopic (exact) mass is 471 g/mol. The lowest BCUT2D eigenvalue weighted by Crippen LogP contribution is -2.25. The molecular weight excluding hydrogens is 442 g/mol. The van der Waals surface area contributed by atoms with E-state index in [0.717, 1.165) is 22.6 Å². The number of methoxy groups -OCH3 is 2. The average Bonchev–Trinajstić information content (AvgIpc) is 3.45. The maximum atomic E-state index is 13.1. The Morgan fingerprint density at radius 1 is 0.971 bits per heavy atom. The number of rotatable bonds is 8. The highest BCUT2D eigenvalue weighted by atomic mass is 16.5. The first-order chi connectivity index (χ1) is 17.1. The van der Waals surface area contributed by atoms with Crippen LogP contribution in [0.25, 0.3) is 11.0 Å². The Labute approximate surface area is 204 Å². The van der Waals surface area contributed by atoms with Gasteiger partial charge in [-0.3, -0.25) is 4.79 Å². The SMILES string of the molecule is COc1ccc(OC)c(N2C[C@H](c3nc4ccccc4n3CCOc3ccc(C)cc3)CC2=O)c1. The number of carbonyl (C=O) groups is 1. The van der Waals surface area contributed by atoms with Crippen LogP contribution in [0.1, 0.15) is 23.7 Å². The van der Waals surface area contributed by atoms with Gasteiger partial charge in [0.2, 0.25) is 5.91 Å². The molecule has 180 valence electrons. The van der Waals surface area contributed by atoms with Gasteiger partial charge in [0.15, 0.2) is 0 Å². The summed E-state index contributed by atoms with van der Waals surface area (Å²) >= 11 is 0. The Morgan fingerprint density at radius 3 is 2.51 bits per heavy atom. The smallest absolute Gasteiger partial charge is 0.227 e. The van der Waals surface area contributed by atoms with Crippen LogP contribution in [0.4, 0.5) is 5.69 Å². The van der Waals surface area contributed by atoms with Gasteiger partial charge in [-0.15, -0.1) is 0 Å².